The summed E-state index contributed by atoms with van der Waals surface area (Å²) in [5, 5.41) is 0. The quantitative estimate of drug-likeness (QED) is 0.808. The molecule has 1 aromatic carbocycles. The molecule has 2 nitrogen and oxygen atoms in total. The van der Waals surface area contributed by atoms with E-state index in [1.807, 2.05) is 18.0 Å². The molecule has 1 unspecified atom stereocenters. The van der Waals surface area contributed by atoms with E-state index < -0.39 is 0 Å². The topological polar surface area (TPSA) is 29.3 Å². The Bertz CT molecular complexity index is 301. The van der Waals surface area contributed by atoms with Crippen molar-refractivity contribution in [3.8, 4) is 0 Å². The van der Waals surface area contributed by atoms with Crippen LogP contribution in [-0.4, -0.2) is 19.6 Å². The minimum absolute atomic E-state index is 0.195. The van der Waals surface area contributed by atoms with Gasteiger partial charge in [0.2, 0.25) is 0 Å². The molecule has 0 amide bonds. The lowest BCUT2D eigenvalue weighted by molar-refractivity contribution is 0.592. The van der Waals surface area contributed by atoms with Crippen LogP contribution in [-0.2, 0) is 0 Å². The number of benzene rings is 1. The van der Waals surface area contributed by atoms with Crippen LogP contribution in [0.5, 0.6) is 0 Å². The van der Waals surface area contributed by atoms with Crippen molar-refractivity contribution in [2.45, 2.75) is 25.8 Å². The average Bonchev–Trinajstić information content (AvgIpc) is 2.25. The van der Waals surface area contributed by atoms with Gasteiger partial charge in [0, 0.05) is 25.3 Å². The maximum Gasteiger partial charge on any atom is 0.125 e. The van der Waals surface area contributed by atoms with E-state index in [1.54, 1.807) is 6.07 Å². The van der Waals surface area contributed by atoms with Gasteiger partial charge in [-0.25, -0.2) is 4.39 Å². The summed E-state index contributed by atoms with van der Waals surface area (Å²) in [6.07, 6.45) is 1.92. The second-order valence-electron chi connectivity index (χ2n) is 3.86. The lowest BCUT2D eigenvalue weighted by atomic mass is 10.1. The maximum atomic E-state index is 12.9. The zero-order chi connectivity index (χ0) is 11.3. The molecule has 2 N–H and O–H groups in total. The smallest absolute Gasteiger partial charge is 0.125 e. The Morgan fingerprint density at radius 2 is 2.20 bits per heavy atom. The van der Waals surface area contributed by atoms with E-state index in [0.717, 1.165) is 25.1 Å². The van der Waals surface area contributed by atoms with Gasteiger partial charge in [-0.1, -0.05) is 13.0 Å². The number of halogens is 1. The minimum Gasteiger partial charge on any atom is -0.374 e. The van der Waals surface area contributed by atoms with Crippen LogP contribution in [0.1, 0.15) is 19.8 Å². The Kier molecular flexibility index (Phi) is 4.56. The van der Waals surface area contributed by atoms with Gasteiger partial charge < -0.3 is 10.6 Å². The van der Waals surface area contributed by atoms with Gasteiger partial charge in [-0.3, -0.25) is 0 Å². The van der Waals surface area contributed by atoms with Gasteiger partial charge in [0.25, 0.3) is 0 Å². The van der Waals surface area contributed by atoms with Crippen LogP contribution < -0.4 is 10.6 Å². The molecule has 0 aliphatic heterocycles. The Hall–Kier alpha value is -1.09. The summed E-state index contributed by atoms with van der Waals surface area (Å²) in [6.45, 7) is 2.94. The standard InChI is InChI=1S/C12H19FN2/c1-3-11(14)7-8-15(2)12-6-4-5-10(13)9-12/h4-6,9,11H,3,7-8,14H2,1-2H3. The molecular weight excluding hydrogens is 191 g/mol. The van der Waals surface area contributed by atoms with E-state index >= 15 is 0 Å². The molecule has 0 saturated heterocycles. The van der Waals surface area contributed by atoms with Crippen LogP contribution in [0.4, 0.5) is 10.1 Å². The van der Waals surface area contributed by atoms with Crippen LogP contribution >= 0.6 is 0 Å². The largest absolute Gasteiger partial charge is 0.374 e. The third kappa shape index (κ3) is 3.88. The van der Waals surface area contributed by atoms with Gasteiger partial charge >= 0.3 is 0 Å². The first-order valence-electron chi connectivity index (χ1n) is 5.35. The fourth-order valence-electron chi connectivity index (χ4n) is 1.41. The number of nitrogens with two attached hydrogens (primary N) is 1. The number of rotatable bonds is 5. The van der Waals surface area contributed by atoms with Gasteiger partial charge in [-0.15, -0.1) is 0 Å². The fraction of sp³-hybridized carbons (Fsp3) is 0.500. The van der Waals surface area contributed by atoms with Crippen LogP contribution in [0, 0.1) is 5.82 Å². The highest BCUT2D eigenvalue weighted by atomic mass is 19.1. The molecule has 0 saturated carbocycles. The minimum atomic E-state index is -0.195. The van der Waals surface area contributed by atoms with Crippen LogP contribution in [0.2, 0.25) is 0 Å². The molecule has 0 aromatic heterocycles. The molecule has 15 heavy (non-hydrogen) atoms. The molecule has 1 rings (SSSR count). The van der Waals surface area contributed by atoms with Gasteiger partial charge in [0.1, 0.15) is 5.82 Å². The van der Waals surface area contributed by atoms with E-state index in [-0.39, 0.29) is 11.9 Å². The van der Waals surface area contributed by atoms with Crippen molar-refractivity contribution >= 4 is 5.69 Å². The summed E-state index contributed by atoms with van der Waals surface area (Å²) in [6, 6.07) is 6.86. The lowest BCUT2D eigenvalue weighted by Gasteiger charge is -2.21. The Balaban J connectivity index is 2.50. The Morgan fingerprint density at radius 3 is 2.80 bits per heavy atom. The second kappa shape index (κ2) is 5.71. The normalized spacial score (nSPS) is 12.5. The van der Waals surface area contributed by atoms with Crippen LogP contribution in [0.3, 0.4) is 0 Å². The zero-order valence-electron chi connectivity index (χ0n) is 9.41. The SMILES string of the molecule is CCC(N)CCN(C)c1cccc(F)c1. The van der Waals surface area contributed by atoms with Crippen molar-refractivity contribution in [2.75, 3.05) is 18.5 Å². The van der Waals surface area contributed by atoms with Crippen molar-refractivity contribution in [1.29, 1.82) is 0 Å². The van der Waals surface area contributed by atoms with Crippen LogP contribution in [0.15, 0.2) is 24.3 Å². The maximum absolute atomic E-state index is 12.9. The molecule has 1 aromatic rings. The van der Waals surface area contributed by atoms with Gasteiger partial charge in [0.15, 0.2) is 0 Å². The zero-order valence-corrected chi connectivity index (χ0v) is 9.41. The predicted molar refractivity (Wildman–Crippen MR) is 62.6 cm³/mol. The summed E-state index contributed by atoms with van der Waals surface area (Å²) in [5.74, 6) is -0.195. The monoisotopic (exact) mass is 210 g/mol. The summed E-state index contributed by atoms with van der Waals surface area (Å²) < 4.78 is 12.9. The second-order valence-corrected chi connectivity index (χ2v) is 3.86. The van der Waals surface area contributed by atoms with E-state index in [4.69, 9.17) is 5.73 Å². The van der Waals surface area contributed by atoms with Crippen molar-refractivity contribution in [2.24, 2.45) is 5.73 Å². The first-order valence-corrected chi connectivity index (χ1v) is 5.35. The predicted octanol–water partition coefficient (Wildman–Crippen LogP) is 2.39. The molecule has 0 aliphatic rings. The van der Waals surface area contributed by atoms with Crippen molar-refractivity contribution in [1.82, 2.24) is 0 Å². The third-order valence-electron chi connectivity index (χ3n) is 2.61. The molecule has 0 aliphatic carbocycles. The van der Waals surface area contributed by atoms with Gasteiger partial charge in [-0.05, 0) is 31.0 Å². The molecule has 0 heterocycles. The Labute approximate surface area is 90.9 Å². The summed E-state index contributed by atoms with van der Waals surface area (Å²) in [7, 11) is 1.96. The van der Waals surface area contributed by atoms with E-state index in [0.29, 0.717) is 0 Å². The molecule has 0 spiro atoms. The molecule has 84 valence electrons. The summed E-state index contributed by atoms with van der Waals surface area (Å²) >= 11 is 0. The highest BCUT2D eigenvalue weighted by Crippen LogP contribution is 2.14. The van der Waals surface area contributed by atoms with Crippen molar-refractivity contribution in [3.05, 3.63) is 30.1 Å². The van der Waals surface area contributed by atoms with Crippen LogP contribution in [0.25, 0.3) is 0 Å². The number of hydrogen-bond donors (Lipinski definition) is 1. The third-order valence-corrected chi connectivity index (χ3v) is 2.61. The number of hydrogen-bond acceptors (Lipinski definition) is 2. The van der Waals surface area contributed by atoms with Crippen molar-refractivity contribution < 1.29 is 4.39 Å². The molecule has 0 fully saturated rings. The summed E-state index contributed by atoms with van der Waals surface area (Å²) in [4.78, 5) is 2.03. The number of anilines is 1. The highest BCUT2D eigenvalue weighted by Gasteiger charge is 2.04. The molecule has 0 radical (unpaired) electrons. The number of nitrogens with zero attached hydrogens (tertiary/aromatic N) is 1. The highest BCUT2D eigenvalue weighted by molar-refractivity contribution is 5.45. The molecule has 1 atom stereocenters. The average molecular weight is 210 g/mol. The molecule has 0 bridgehead atoms. The van der Waals surface area contributed by atoms with Gasteiger partial charge in [-0.2, -0.15) is 0 Å². The fourth-order valence-corrected chi connectivity index (χ4v) is 1.41. The van der Waals surface area contributed by atoms with Crippen molar-refractivity contribution in [3.63, 3.8) is 0 Å². The lowest BCUT2D eigenvalue weighted by Crippen LogP contribution is -2.27. The van der Waals surface area contributed by atoms with Gasteiger partial charge in [0.05, 0.1) is 0 Å². The van der Waals surface area contributed by atoms with E-state index in [1.165, 1.54) is 12.1 Å². The summed E-state index contributed by atoms with van der Waals surface area (Å²) in [5.41, 5.74) is 6.73. The Morgan fingerprint density at radius 1 is 1.47 bits per heavy atom. The van der Waals surface area contributed by atoms with E-state index in [9.17, 15) is 4.39 Å². The first kappa shape index (κ1) is 12.0. The molecular formula is C12H19FN2. The first-order chi connectivity index (χ1) is 7.13. The van der Waals surface area contributed by atoms with E-state index in [2.05, 4.69) is 6.92 Å². The molecule has 3 heteroatoms.